The number of unbranched alkanes of at least 4 members (excludes halogenated alkanes) is 3. The van der Waals surface area contributed by atoms with Crippen LogP contribution in [0.4, 0.5) is 0 Å². The number of rotatable bonds is 10. The third-order valence-electron chi connectivity index (χ3n) is 6.85. The van der Waals surface area contributed by atoms with E-state index >= 15 is 0 Å². The normalized spacial score (nSPS) is 25.2. The van der Waals surface area contributed by atoms with Crippen molar-refractivity contribution >= 4 is 12.0 Å². The molecule has 156 valence electrons. The van der Waals surface area contributed by atoms with Gasteiger partial charge in [0.15, 0.2) is 5.75 Å². The third kappa shape index (κ3) is 4.84. The van der Waals surface area contributed by atoms with Crippen molar-refractivity contribution in [2.45, 2.75) is 89.2 Å². The Balaban J connectivity index is 1.62. The van der Waals surface area contributed by atoms with Crippen LogP contribution in [-0.2, 0) is 0 Å². The van der Waals surface area contributed by atoms with Gasteiger partial charge in [0.05, 0.1) is 23.4 Å². The van der Waals surface area contributed by atoms with Crippen LogP contribution in [0.5, 0.6) is 11.5 Å². The molecule has 1 aromatic rings. The molecule has 0 radical (unpaired) electrons. The van der Waals surface area contributed by atoms with Gasteiger partial charge < -0.3 is 8.92 Å². The Kier molecular flexibility index (Phi) is 7.36. The number of nitrogens with zero attached hydrogens (tertiary/aromatic N) is 2. The first-order chi connectivity index (χ1) is 14.1. The van der Waals surface area contributed by atoms with Crippen molar-refractivity contribution in [2.75, 3.05) is 6.61 Å². The molecular formula is C24H32N2O2S. The Morgan fingerprint density at radius 3 is 2.10 bits per heavy atom. The molecule has 0 N–H and O–H groups in total. The number of benzene rings is 1. The van der Waals surface area contributed by atoms with E-state index in [1.807, 2.05) is 6.92 Å². The van der Waals surface area contributed by atoms with Gasteiger partial charge in [0.1, 0.15) is 29.0 Å². The maximum atomic E-state index is 9.60. The minimum Gasteiger partial charge on any atom is -0.492 e. The van der Waals surface area contributed by atoms with E-state index in [4.69, 9.17) is 8.92 Å². The van der Waals surface area contributed by atoms with E-state index in [1.165, 1.54) is 82.7 Å². The summed E-state index contributed by atoms with van der Waals surface area (Å²) in [7, 11) is 0. The van der Waals surface area contributed by atoms with E-state index in [0.29, 0.717) is 23.5 Å². The summed E-state index contributed by atoms with van der Waals surface area (Å²) in [6.45, 7) is 4.59. The topological polar surface area (TPSA) is 66.0 Å². The number of nitriles is 2. The molecule has 3 fully saturated rings. The van der Waals surface area contributed by atoms with Gasteiger partial charge in [-0.25, -0.2) is 0 Å². The SMILES string of the molecule is CCCCCCC12CCC(SOc3ccc(OCC)c(C#N)c3C#N)(CC1)CC2. The number of fused-ring (bicyclic) bond motifs is 3. The van der Waals surface area contributed by atoms with Crippen LogP contribution in [0.2, 0.25) is 0 Å². The summed E-state index contributed by atoms with van der Waals surface area (Å²) in [4.78, 5) is 0. The first-order valence-corrected chi connectivity index (χ1v) is 11.8. The molecule has 3 saturated carbocycles. The molecular weight excluding hydrogens is 380 g/mol. The Morgan fingerprint density at radius 1 is 0.897 bits per heavy atom. The highest BCUT2D eigenvalue weighted by atomic mass is 32.2. The van der Waals surface area contributed by atoms with Gasteiger partial charge in [-0.1, -0.05) is 32.6 Å². The molecule has 3 aliphatic rings. The number of hydrogen-bond donors (Lipinski definition) is 0. The van der Waals surface area contributed by atoms with Gasteiger partial charge in [0.25, 0.3) is 0 Å². The van der Waals surface area contributed by atoms with Crippen molar-refractivity contribution in [1.29, 1.82) is 10.5 Å². The molecule has 5 heteroatoms. The minimum absolute atomic E-state index is 0.156. The van der Waals surface area contributed by atoms with Crippen molar-refractivity contribution in [3.8, 4) is 23.6 Å². The van der Waals surface area contributed by atoms with Crippen molar-refractivity contribution in [3.63, 3.8) is 0 Å². The molecule has 0 saturated heterocycles. The third-order valence-corrected chi connectivity index (χ3v) is 8.08. The summed E-state index contributed by atoms with van der Waals surface area (Å²) in [6, 6.07) is 7.74. The molecule has 0 aromatic heterocycles. The van der Waals surface area contributed by atoms with Gasteiger partial charge in [0, 0.05) is 0 Å². The lowest BCUT2D eigenvalue weighted by atomic mass is 9.58. The standard InChI is InChI=1S/C24H32N2O2S/c1-3-5-6-7-10-23-11-14-24(15-12-23,16-13-23)29-28-22-9-8-21(27-4-2)19(17-25)20(22)18-26/h8-9H,3-7,10-16H2,1-2H3. The van der Waals surface area contributed by atoms with E-state index in [-0.39, 0.29) is 15.9 Å². The molecule has 0 heterocycles. The Morgan fingerprint density at radius 2 is 1.52 bits per heavy atom. The number of hydrogen-bond acceptors (Lipinski definition) is 5. The van der Waals surface area contributed by atoms with Gasteiger partial charge in [-0.15, -0.1) is 0 Å². The lowest BCUT2D eigenvalue weighted by Gasteiger charge is -2.52. The van der Waals surface area contributed by atoms with Crippen LogP contribution in [-0.4, -0.2) is 11.4 Å². The van der Waals surface area contributed by atoms with Crippen LogP contribution in [0.25, 0.3) is 0 Å². The smallest absolute Gasteiger partial charge is 0.156 e. The lowest BCUT2D eigenvalue weighted by molar-refractivity contribution is 0.0689. The molecule has 0 atom stereocenters. The van der Waals surface area contributed by atoms with E-state index in [0.717, 1.165) is 0 Å². The molecule has 0 unspecified atom stereocenters. The zero-order valence-corrected chi connectivity index (χ0v) is 18.6. The summed E-state index contributed by atoms with van der Waals surface area (Å²) >= 11 is 1.53. The fourth-order valence-corrected chi connectivity index (χ4v) is 5.88. The number of ether oxygens (including phenoxy) is 1. The van der Waals surface area contributed by atoms with Crippen molar-refractivity contribution in [3.05, 3.63) is 23.3 Å². The van der Waals surface area contributed by atoms with Crippen LogP contribution in [0, 0.1) is 28.1 Å². The first kappa shape index (κ1) is 21.8. The molecule has 4 nitrogen and oxygen atoms in total. The fourth-order valence-electron chi connectivity index (χ4n) is 4.92. The van der Waals surface area contributed by atoms with Gasteiger partial charge in [-0.05, 0) is 69.4 Å². The van der Waals surface area contributed by atoms with Crippen LogP contribution < -0.4 is 8.92 Å². The average Bonchev–Trinajstić information content (AvgIpc) is 2.77. The average molecular weight is 413 g/mol. The van der Waals surface area contributed by atoms with E-state index in [2.05, 4.69) is 19.1 Å². The molecule has 0 amide bonds. The highest BCUT2D eigenvalue weighted by Gasteiger charge is 2.49. The summed E-state index contributed by atoms with van der Waals surface area (Å²) < 4.78 is 11.7. The van der Waals surface area contributed by atoms with Crippen LogP contribution >= 0.6 is 12.0 Å². The van der Waals surface area contributed by atoms with Crippen LogP contribution in [0.3, 0.4) is 0 Å². The summed E-state index contributed by atoms with van der Waals surface area (Å²) in [5, 5.41) is 19.1. The van der Waals surface area contributed by atoms with Gasteiger partial charge >= 0.3 is 0 Å². The molecule has 1 aromatic carbocycles. The predicted octanol–water partition coefficient (Wildman–Crippen LogP) is 6.92. The molecule has 4 rings (SSSR count). The molecule has 2 bridgehead atoms. The lowest BCUT2D eigenvalue weighted by Crippen LogP contribution is -2.44. The van der Waals surface area contributed by atoms with Gasteiger partial charge in [0.2, 0.25) is 0 Å². The Hall–Kier alpha value is -1.85. The highest BCUT2D eigenvalue weighted by Crippen LogP contribution is 2.59. The Labute approximate surface area is 179 Å². The zero-order chi connectivity index (χ0) is 20.7. The van der Waals surface area contributed by atoms with Crippen LogP contribution in [0.15, 0.2) is 12.1 Å². The molecule has 3 aliphatic carbocycles. The minimum atomic E-state index is 0.156. The molecule has 0 spiro atoms. The summed E-state index contributed by atoms with van der Waals surface area (Å²) in [5.74, 6) is 0.930. The van der Waals surface area contributed by atoms with Gasteiger partial charge in [-0.2, -0.15) is 10.5 Å². The van der Waals surface area contributed by atoms with E-state index in [1.54, 1.807) is 12.1 Å². The second-order valence-corrected chi connectivity index (χ2v) is 9.83. The largest absolute Gasteiger partial charge is 0.492 e. The second kappa shape index (κ2) is 9.77. The predicted molar refractivity (Wildman–Crippen MR) is 117 cm³/mol. The van der Waals surface area contributed by atoms with Crippen molar-refractivity contribution in [1.82, 2.24) is 0 Å². The molecule has 29 heavy (non-hydrogen) atoms. The highest BCUT2D eigenvalue weighted by molar-refractivity contribution is 7.96. The van der Waals surface area contributed by atoms with E-state index in [9.17, 15) is 10.5 Å². The second-order valence-electron chi connectivity index (χ2n) is 8.63. The zero-order valence-electron chi connectivity index (χ0n) is 17.8. The van der Waals surface area contributed by atoms with Crippen LogP contribution in [0.1, 0.15) is 95.6 Å². The molecule has 0 aliphatic heterocycles. The van der Waals surface area contributed by atoms with Gasteiger partial charge in [-0.3, -0.25) is 0 Å². The maximum absolute atomic E-state index is 9.60. The summed E-state index contributed by atoms with van der Waals surface area (Å²) in [6.07, 6.45) is 14.3. The Bertz CT molecular complexity index is 769. The monoisotopic (exact) mass is 412 g/mol. The maximum Gasteiger partial charge on any atom is 0.156 e. The van der Waals surface area contributed by atoms with E-state index < -0.39 is 0 Å². The van der Waals surface area contributed by atoms with Crippen molar-refractivity contribution in [2.24, 2.45) is 5.41 Å². The summed E-state index contributed by atoms with van der Waals surface area (Å²) in [5.41, 5.74) is 1.11. The fraction of sp³-hybridized carbons (Fsp3) is 0.667. The first-order valence-electron chi connectivity index (χ1n) is 11.1. The van der Waals surface area contributed by atoms with Crippen molar-refractivity contribution < 1.29 is 8.92 Å². The quantitative estimate of drug-likeness (QED) is 0.308.